The third-order valence-corrected chi connectivity index (χ3v) is 5.45. The van der Waals surface area contributed by atoms with Gasteiger partial charge in [-0.1, -0.05) is 39.1 Å². The molecule has 0 saturated carbocycles. The highest BCUT2D eigenvalue weighted by atomic mass is 79.9. The van der Waals surface area contributed by atoms with E-state index in [0.29, 0.717) is 10.2 Å². The van der Waals surface area contributed by atoms with Gasteiger partial charge in [0, 0.05) is 4.47 Å². The maximum absolute atomic E-state index is 12.4. The number of sulfonamides is 1. The number of nitrogens with one attached hydrogen (secondary N) is 1. The summed E-state index contributed by atoms with van der Waals surface area (Å²) < 4.78 is 32.9. The number of rotatable bonds is 4. The number of hydrogen-bond donors (Lipinski definition) is 1. The molecule has 1 heterocycles. The minimum absolute atomic E-state index is 0.0449. The maximum Gasteiger partial charge on any atom is 0.244 e. The Balaban J connectivity index is 2.37. The molecule has 0 saturated heterocycles. The van der Waals surface area contributed by atoms with Gasteiger partial charge in [0.2, 0.25) is 10.0 Å². The zero-order valence-corrected chi connectivity index (χ0v) is 14.1. The van der Waals surface area contributed by atoms with E-state index in [9.17, 15) is 8.42 Å². The molecule has 1 unspecified atom stereocenters. The third-order valence-electron chi connectivity index (χ3n) is 2.53. The van der Waals surface area contributed by atoms with Crippen molar-refractivity contribution in [2.24, 2.45) is 0 Å². The lowest BCUT2D eigenvalue weighted by Crippen LogP contribution is -2.27. The van der Waals surface area contributed by atoms with E-state index < -0.39 is 16.1 Å². The molecular formula is C12H10BrCl2NO3S. The second-order valence-corrected chi connectivity index (χ2v) is 7.44. The Bertz CT molecular complexity index is 693. The van der Waals surface area contributed by atoms with Gasteiger partial charge in [0.05, 0.1) is 22.4 Å². The van der Waals surface area contributed by atoms with Gasteiger partial charge in [-0.3, -0.25) is 0 Å². The summed E-state index contributed by atoms with van der Waals surface area (Å²) in [7, 11) is -3.86. The predicted octanol–water partition coefficient (Wildman–Crippen LogP) is 4.39. The van der Waals surface area contributed by atoms with Crippen LogP contribution >= 0.6 is 39.1 Å². The monoisotopic (exact) mass is 397 g/mol. The van der Waals surface area contributed by atoms with Crippen LogP contribution in [0.15, 0.2) is 44.3 Å². The van der Waals surface area contributed by atoms with Gasteiger partial charge >= 0.3 is 0 Å². The highest BCUT2D eigenvalue weighted by Gasteiger charge is 2.25. The number of halogens is 3. The topological polar surface area (TPSA) is 59.3 Å². The van der Waals surface area contributed by atoms with Crippen LogP contribution in [0, 0.1) is 0 Å². The van der Waals surface area contributed by atoms with Gasteiger partial charge in [-0.05, 0) is 31.2 Å². The van der Waals surface area contributed by atoms with Crippen molar-refractivity contribution in [1.82, 2.24) is 4.72 Å². The van der Waals surface area contributed by atoms with E-state index in [4.69, 9.17) is 27.6 Å². The molecule has 20 heavy (non-hydrogen) atoms. The van der Waals surface area contributed by atoms with Gasteiger partial charge in [-0.15, -0.1) is 0 Å². The summed E-state index contributed by atoms with van der Waals surface area (Å²) in [4.78, 5) is -0.151. The van der Waals surface area contributed by atoms with Crippen LogP contribution in [0.25, 0.3) is 0 Å². The van der Waals surface area contributed by atoms with Crippen LogP contribution in [-0.2, 0) is 10.0 Å². The summed E-state index contributed by atoms with van der Waals surface area (Å²) >= 11 is 15.1. The zero-order chi connectivity index (χ0) is 14.9. The summed E-state index contributed by atoms with van der Waals surface area (Å²) in [6.45, 7) is 1.66. The Labute approximate surface area is 135 Å². The zero-order valence-electron chi connectivity index (χ0n) is 10.2. The third kappa shape index (κ3) is 3.38. The largest absolute Gasteiger partial charge is 0.468 e. The molecule has 108 valence electrons. The highest BCUT2D eigenvalue weighted by molar-refractivity contribution is 9.10. The molecule has 0 aliphatic heterocycles. The molecular weight excluding hydrogens is 389 g/mol. The van der Waals surface area contributed by atoms with Crippen molar-refractivity contribution in [3.63, 3.8) is 0 Å². The van der Waals surface area contributed by atoms with Crippen molar-refractivity contribution in [3.05, 3.63) is 50.8 Å². The van der Waals surface area contributed by atoms with E-state index in [1.165, 1.54) is 18.4 Å². The quantitative estimate of drug-likeness (QED) is 0.830. The molecule has 0 aliphatic rings. The molecule has 0 fully saturated rings. The summed E-state index contributed by atoms with van der Waals surface area (Å²) in [5.74, 6) is 0.498. The van der Waals surface area contributed by atoms with Gasteiger partial charge in [0.1, 0.15) is 10.7 Å². The fourth-order valence-electron chi connectivity index (χ4n) is 1.67. The standard InChI is InChI=1S/C12H10BrCl2NO3S/c1-7(11-3-2-4-19-11)16-20(17,18)12-9(14)5-8(13)6-10(12)15/h2-7,16H,1H3. The van der Waals surface area contributed by atoms with Crippen molar-refractivity contribution >= 4 is 49.2 Å². The first-order valence-electron chi connectivity index (χ1n) is 5.51. The highest BCUT2D eigenvalue weighted by Crippen LogP contribution is 2.33. The van der Waals surface area contributed by atoms with Gasteiger partial charge in [-0.25, -0.2) is 13.1 Å². The van der Waals surface area contributed by atoms with Crippen LogP contribution in [-0.4, -0.2) is 8.42 Å². The first-order chi connectivity index (χ1) is 9.31. The van der Waals surface area contributed by atoms with Crippen LogP contribution in [0.3, 0.4) is 0 Å². The van der Waals surface area contributed by atoms with E-state index in [1.54, 1.807) is 19.1 Å². The Kier molecular flexibility index (Phi) is 4.81. The van der Waals surface area contributed by atoms with Crippen molar-refractivity contribution in [2.45, 2.75) is 17.9 Å². The summed E-state index contributed by atoms with van der Waals surface area (Å²) in [5, 5.41) is 0.0899. The van der Waals surface area contributed by atoms with E-state index in [0.717, 1.165) is 0 Å². The van der Waals surface area contributed by atoms with Crippen LogP contribution in [0.1, 0.15) is 18.7 Å². The number of furan rings is 1. The molecule has 2 rings (SSSR count). The lowest BCUT2D eigenvalue weighted by Gasteiger charge is -2.14. The molecule has 0 aliphatic carbocycles. The molecule has 4 nitrogen and oxygen atoms in total. The van der Waals surface area contributed by atoms with Gasteiger partial charge < -0.3 is 4.42 Å². The average molecular weight is 399 g/mol. The minimum atomic E-state index is -3.86. The normalized spacial score (nSPS) is 13.4. The fraction of sp³-hybridized carbons (Fsp3) is 0.167. The fourth-order valence-corrected chi connectivity index (χ4v) is 4.82. The smallest absolute Gasteiger partial charge is 0.244 e. The Hall–Kier alpha value is -0.530. The Morgan fingerprint density at radius 2 is 1.90 bits per heavy atom. The molecule has 1 aromatic heterocycles. The molecule has 0 spiro atoms. The van der Waals surface area contributed by atoms with Gasteiger partial charge in [-0.2, -0.15) is 0 Å². The molecule has 0 radical (unpaired) electrons. The number of benzene rings is 1. The Morgan fingerprint density at radius 1 is 1.30 bits per heavy atom. The first kappa shape index (κ1) is 15.9. The van der Waals surface area contributed by atoms with E-state index in [2.05, 4.69) is 20.7 Å². The molecule has 0 bridgehead atoms. The summed E-state index contributed by atoms with van der Waals surface area (Å²) in [5.41, 5.74) is 0. The SMILES string of the molecule is CC(NS(=O)(=O)c1c(Cl)cc(Br)cc1Cl)c1ccco1. The van der Waals surface area contributed by atoms with Crippen LogP contribution in [0.4, 0.5) is 0 Å². The van der Waals surface area contributed by atoms with Crippen molar-refractivity contribution in [2.75, 3.05) is 0 Å². The van der Waals surface area contributed by atoms with Crippen molar-refractivity contribution in [1.29, 1.82) is 0 Å². The maximum atomic E-state index is 12.4. The summed E-state index contributed by atoms with van der Waals surface area (Å²) in [6.07, 6.45) is 1.47. The van der Waals surface area contributed by atoms with Crippen molar-refractivity contribution < 1.29 is 12.8 Å². The van der Waals surface area contributed by atoms with E-state index in [1.807, 2.05) is 0 Å². The van der Waals surface area contributed by atoms with Crippen LogP contribution in [0.2, 0.25) is 10.0 Å². The minimum Gasteiger partial charge on any atom is -0.468 e. The van der Waals surface area contributed by atoms with Crippen LogP contribution in [0.5, 0.6) is 0 Å². The van der Waals surface area contributed by atoms with Crippen LogP contribution < -0.4 is 4.72 Å². The molecule has 1 atom stereocenters. The molecule has 1 N–H and O–H groups in total. The molecule has 8 heteroatoms. The molecule has 1 aromatic carbocycles. The van der Waals surface area contributed by atoms with E-state index >= 15 is 0 Å². The number of hydrogen-bond acceptors (Lipinski definition) is 3. The van der Waals surface area contributed by atoms with Gasteiger partial charge in [0.25, 0.3) is 0 Å². The van der Waals surface area contributed by atoms with Gasteiger partial charge in [0.15, 0.2) is 0 Å². The summed E-state index contributed by atoms with van der Waals surface area (Å²) in [6, 6.07) is 5.77. The first-order valence-corrected chi connectivity index (χ1v) is 8.55. The lowest BCUT2D eigenvalue weighted by molar-refractivity contribution is 0.459. The average Bonchev–Trinajstić information content (AvgIpc) is 2.78. The lowest BCUT2D eigenvalue weighted by atomic mass is 10.3. The predicted molar refractivity (Wildman–Crippen MR) is 81.6 cm³/mol. The Morgan fingerprint density at radius 3 is 2.40 bits per heavy atom. The molecule has 2 aromatic rings. The molecule has 0 amide bonds. The second-order valence-electron chi connectivity index (χ2n) is 4.06. The van der Waals surface area contributed by atoms with Crippen molar-refractivity contribution in [3.8, 4) is 0 Å². The second kappa shape index (κ2) is 6.07. The van der Waals surface area contributed by atoms with E-state index in [-0.39, 0.29) is 14.9 Å².